The van der Waals surface area contributed by atoms with Crippen LogP contribution >= 0.6 is 0 Å². The highest BCUT2D eigenvalue weighted by molar-refractivity contribution is 5.95. The summed E-state index contributed by atoms with van der Waals surface area (Å²) in [6.45, 7) is 0. The summed E-state index contributed by atoms with van der Waals surface area (Å²) in [7, 11) is 0. The van der Waals surface area contributed by atoms with Crippen LogP contribution in [0, 0.1) is 5.82 Å². The summed E-state index contributed by atoms with van der Waals surface area (Å²) in [5.41, 5.74) is -1.20. The van der Waals surface area contributed by atoms with Gasteiger partial charge in [0.15, 0.2) is 0 Å². The van der Waals surface area contributed by atoms with Crippen LogP contribution in [0.15, 0.2) is 18.2 Å². The SMILES string of the molecule is O=C(O)c1cc(F)ccc1C1(C(=O)O)CC1. The molecule has 2 N–H and O–H groups in total. The van der Waals surface area contributed by atoms with Crippen LogP contribution in [0.25, 0.3) is 0 Å². The number of carbonyl (C=O) groups is 2. The van der Waals surface area contributed by atoms with Crippen LogP contribution in [-0.4, -0.2) is 22.2 Å². The first-order chi connectivity index (χ1) is 7.47. The molecular weight excluding hydrogens is 215 g/mol. The largest absolute Gasteiger partial charge is 0.481 e. The quantitative estimate of drug-likeness (QED) is 0.818. The molecule has 1 aromatic rings. The van der Waals surface area contributed by atoms with Gasteiger partial charge in [0.1, 0.15) is 5.82 Å². The van der Waals surface area contributed by atoms with Gasteiger partial charge < -0.3 is 10.2 Å². The Morgan fingerprint density at radius 2 is 1.88 bits per heavy atom. The Hall–Kier alpha value is -1.91. The molecule has 0 bridgehead atoms. The fraction of sp³-hybridized carbons (Fsp3) is 0.273. The van der Waals surface area contributed by atoms with Gasteiger partial charge in [-0.2, -0.15) is 0 Å². The average molecular weight is 224 g/mol. The van der Waals surface area contributed by atoms with Crippen LogP contribution in [0.5, 0.6) is 0 Å². The fourth-order valence-corrected chi connectivity index (χ4v) is 1.83. The van der Waals surface area contributed by atoms with Crippen LogP contribution in [0.2, 0.25) is 0 Å². The fourth-order valence-electron chi connectivity index (χ4n) is 1.83. The molecule has 0 heterocycles. The van der Waals surface area contributed by atoms with Crippen molar-refractivity contribution in [2.24, 2.45) is 0 Å². The predicted octanol–water partition coefficient (Wildman–Crippen LogP) is 1.64. The first kappa shape index (κ1) is 10.6. The van der Waals surface area contributed by atoms with Gasteiger partial charge in [0.25, 0.3) is 0 Å². The lowest BCUT2D eigenvalue weighted by molar-refractivity contribution is -0.140. The molecule has 84 valence electrons. The molecule has 1 aromatic carbocycles. The molecule has 0 spiro atoms. The average Bonchev–Trinajstić information content (AvgIpc) is 2.98. The highest BCUT2D eigenvalue weighted by Crippen LogP contribution is 2.49. The number of aromatic carboxylic acids is 1. The summed E-state index contributed by atoms with van der Waals surface area (Å²) in [6.07, 6.45) is 0.794. The molecule has 0 amide bonds. The van der Waals surface area contributed by atoms with Crippen LogP contribution < -0.4 is 0 Å². The van der Waals surface area contributed by atoms with Crippen molar-refractivity contribution in [3.8, 4) is 0 Å². The van der Waals surface area contributed by atoms with E-state index in [4.69, 9.17) is 10.2 Å². The van der Waals surface area contributed by atoms with Gasteiger partial charge in [-0.3, -0.25) is 4.79 Å². The molecule has 1 fully saturated rings. The summed E-state index contributed by atoms with van der Waals surface area (Å²) < 4.78 is 12.9. The number of hydrogen-bond acceptors (Lipinski definition) is 2. The maximum Gasteiger partial charge on any atom is 0.336 e. The number of halogens is 1. The van der Waals surface area contributed by atoms with E-state index < -0.39 is 23.2 Å². The van der Waals surface area contributed by atoms with E-state index in [0.717, 1.165) is 12.1 Å². The maximum atomic E-state index is 12.9. The Kier molecular flexibility index (Phi) is 2.18. The molecule has 16 heavy (non-hydrogen) atoms. The highest BCUT2D eigenvalue weighted by atomic mass is 19.1. The van der Waals surface area contributed by atoms with E-state index in [1.54, 1.807) is 0 Å². The summed E-state index contributed by atoms with van der Waals surface area (Å²) in [6, 6.07) is 3.20. The topological polar surface area (TPSA) is 74.6 Å². The first-order valence-corrected chi connectivity index (χ1v) is 4.74. The van der Waals surface area contributed by atoms with E-state index in [-0.39, 0.29) is 11.1 Å². The van der Waals surface area contributed by atoms with Crippen LogP contribution in [0.4, 0.5) is 4.39 Å². The van der Waals surface area contributed by atoms with E-state index >= 15 is 0 Å². The van der Waals surface area contributed by atoms with Crippen molar-refractivity contribution in [3.05, 3.63) is 35.1 Å². The number of carboxylic acids is 2. The Morgan fingerprint density at radius 1 is 1.25 bits per heavy atom. The standard InChI is InChI=1S/C11H9FO4/c12-6-1-2-8(7(5-6)9(13)14)11(3-4-11)10(15)16/h1-2,5H,3-4H2,(H,13,14)(H,15,16). The molecule has 0 radical (unpaired) electrons. The molecule has 0 atom stereocenters. The zero-order valence-electron chi connectivity index (χ0n) is 8.24. The van der Waals surface area contributed by atoms with E-state index in [9.17, 15) is 14.0 Å². The lowest BCUT2D eigenvalue weighted by Gasteiger charge is -2.13. The second kappa shape index (κ2) is 3.30. The molecule has 0 saturated heterocycles. The zero-order valence-corrected chi connectivity index (χ0v) is 8.24. The van der Waals surface area contributed by atoms with Gasteiger partial charge in [0, 0.05) is 0 Å². The van der Waals surface area contributed by atoms with E-state index in [1.165, 1.54) is 6.07 Å². The second-order valence-corrected chi connectivity index (χ2v) is 3.88. The summed E-state index contributed by atoms with van der Waals surface area (Å²) in [5, 5.41) is 17.9. The molecule has 4 nitrogen and oxygen atoms in total. The highest BCUT2D eigenvalue weighted by Gasteiger charge is 2.53. The Balaban J connectivity index is 2.57. The van der Waals surface area contributed by atoms with Crippen molar-refractivity contribution in [1.29, 1.82) is 0 Å². The van der Waals surface area contributed by atoms with Gasteiger partial charge in [-0.25, -0.2) is 9.18 Å². The van der Waals surface area contributed by atoms with Gasteiger partial charge in [-0.15, -0.1) is 0 Å². The van der Waals surface area contributed by atoms with Crippen molar-refractivity contribution >= 4 is 11.9 Å². The van der Waals surface area contributed by atoms with Crippen molar-refractivity contribution in [1.82, 2.24) is 0 Å². The van der Waals surface area contributed by atoms with Crippen LogP contribution in [0.1, 0.15) is 28.8 Å². The van der Waals surface area contributed by atoms with Gasteiger partial charge in [-0.1, -0.05) is 6.07 Å². The number of hydrogen-bond donors (Lipinski definition) is 2. The van der Waals surface area contributed by atoms with Crippen molar-refractivity contribution in [3.63, 3.8) is 0 Å². The van der Waals surface area contributed by atoms with Gasteiger partial charge in [0.2, 0.25) is 0 Å². The number of carboxylic acid groups (broad SMARTS) is 2. The summed E-state index contributed by atoms with van der Waals surface area (Å²) >= 11 is 0. The van der Waals surface area contributed by atoms with E-state index in [0.29, 0.717) is 12.8 Å². The molecular formula is C11H9FO4. The zero-order chi connectivity index (χ0) is 11.9. The normalized spacial score (nSPS) is 16.8. The molecule has 1 saturated carbocycles. The molecule has 1 aliphatic carbocycles. The number of aliphatic carboxylic acids is 1. The van der Waals surface area contributed by atoms with E-state index in [2.05, 4.69) is 0 Å². The molecule has 2 rings (SSSR count). The van der Waals surface area contributed by atoms with Gasteiger partial charge in [-0.05, 0) is 30.5 Å². The van der Waals surface area contributed by atoms with Crippen LogP contribution in [0.3, 0.4) is 0 Å². The van der Waals surface area contributed by atoms with Gasteiger partial charge in [0.05, 0.1) is 11.0 Å². The Labute approximate surface area is 90.3 Å². The van der Waals surface area contributed by atoms with E-state index in [1.807, 2.05) is 0 Å². The predicted molar refractivity (Wildman–Crippen MR) is 51.9 cm³/mol. The lowest BCUT2D eigenvalue weighted by atomic mass is 9.91. The minimum atomic E-state index is -1.30. The van der Waals surface area contributed by atoms with Crippen molar-refractivity contribution in [2.75, 3.05) is 0 Å². The first-order valence-electron chi connectivity index (χ1n) is 4.74. The van der Waals surface area contributed by atoms with Crippen LogP contribution in [-0.2, 0) is 10.2 Å². The van der Waals surface area contributed by atoms with Gasteiger partial charge >= 0.3 is 11.9 Å². The monoisotopic (exact) mass is 224 g/mol. The lowest BCUT2D eigenvalue weighted by Crippen LogP contribution is -2.22. The smallest absolute Gasteiger partial charge is 0.336 e. The molecule has 0 unspecified atom stereocenters. The Morgan fingerprint density at radius 3 is 2.31 bits per heavy atom. The summed E-state index contributed by atoms with van der Waals surface area (Å²) in [5.74, 6) is -3.04. The van der Waals surface area contributed by atoms with Crippen molar-refractivity contribution in [2.45, 2.75) is 18.3 Å². The minimum Gasteiger partial charge on any atom is -0.481 e. The molecule has 0 aromatic heterocycles. The molecule has 0 aliphatic heterocycles. The Bertz CT molecular complexity index is 477. The van der Waals surface area contributed by atoms with Crippen molar-refractivity contribution < 1.29 is 24.2 Å². The minimum absolute atomic E-state index is 0.189. The number of rotatable bonds is 3. The third kappa shape index (κ3) is 1.44. The third-order valence-corrected chi connectivity index (χ3v) is 2.89. The second-order valence-electron chi connectivity index (χ2n) is 3.88. The number of benzene rings is 1. The third-order valence-electron chi connectivity index (χ3n) is 2.89. The maximum absolute atomic E-state index is 12.9. The summed E-state index contributed by atoms with van der Waals surface area (Å²) in [4.78, 5) is 22.0. The molecule has 1 aliphatic rings. The molecule has 5 heteroatoms.